The molecular formula is C24H16F6N2O4S2. The monoisotopic (exact) mass is 574 g/mol. The average molecular weight is 575 g/mol. The number of hydrogen-bond donors (Lipinski definition) is 2. The molecule has 0 amide bonds. The zero-order valence-electron chi connectivity index (χ0n) is 18.8. The summed E-state index contributed by atoms with van der Waals surface area (Å²) in [7, 11) is -9.33. The fourth-order valence-corrected chi connectivity index (χ4v) is 5.73. The van der Waals surface area contributed by atoms with Gasteiger partial charge in [-0.1, -0.05) is 36.4 Å². The first-order chi connectivity index (χ1) is 17.6. The zero-order valence-corrected chi connectivity index (χ0v) is 20.4. The fourth-order valence-electron chi connectivity index (χ4n) is 3.50. The first kappa shape index (κ1) is 27.3. The number of nitrogens with one attached hydrogen (secondary N) is 2. The third kappa shape index (κ3) is 5.86. The Kier molecular flexibility index (Phi) is 6.82. The van der Waals surface area contributed by atoms with Crippen LogP contribution in [0.3, 0.4) is 0 Å². The Morgan fingerprint density at radius 1 is 0.500 bits per heavy atom. The van der Waals surface area contributed by atoms with E-state index in [0.29, 0.717) is 35.0 Å². The quantitative estimate of drug-likeness (QED) is 0.258. The zero-order chi connectivity index (χ0) is 27.9. The molecule has 4 aromatic carbocycles. The highest BCUT2D eigenvalue weighted by molar-refractivity contribution is 7.93. The van der Waals surface area contributed by atoms with E-state index >= 15 is 0 Å². The second kappa shape index (κ2) is 9.51. The van der Waals surface area contributed by atoms with Crippen molar-refractivity contribution in [2.75, 3.05) is 9.44 Å². The number of hydrogen-bond acceptors (Lipinski definition) is 4. The summed E-state index contributed by atoms with van der Waals surface area (Å²) in [6, 6.07) is 14.7. The predicted octanol–water partition coefficient (Wildman–Crippen LogP) is 6.48. The molecule has 0 aliphatic heterocycles. The summed E-state index contributed by atoms with van der Waals surface area (Å²) < 4.78 is 135. The van der Waals surface area contributed by atoms with Crippen molar-refractivity contribution in [2.45, 2.75) is 22.1 Å². The summed E-state index contributed by atoms with van der Waals surface area (Å²) >= 11 is 0. The molecule has 4 aromatic rings. The Morgan fingerprint density at radius 2 is 0.868 bits per heavy atom. The molecule has 0 unspecified atom stereocenters. The molecule has 0 saturated carbocycles. The highest BCUT2D eigenvalue weighted by Crippen LogP contribution is 2.35. The van der Waals surface area contributed by atoms with Gasteiger partial charge < -0.3 is 0 Å². The molecule has 38 heavy (non-hydrogen) atoms. The molecule has 0 fully saturated rings. The van der Waals surface area contributed by atoms with Gasteiger partial charge in [0, 0.05) is 0 Å². The second-order valence-electron chi connectivity index (χ2n) is 8.01. The Morgan fingerprint density at radius 3 is 1.21 bits per heavy atom. The Bertz CT molecular complexity index is 1610. The Balaban J connectivity index is 1.79. The molecule has 0 radical (unpaired) electrons. The average Bonchev–Trinajstić information content (AvgIpc) is 2.83. The molecule has 0 spiro atoms. The summed E-state index contributed by atoms with van der Waals surface area (Å²) in [4.78, 5) is -1.49. The van der Waals surface area contributed by atoms with Gasteiger partial charge in [0.05, 0.1) is 32.3 Å². The van der Waals surface area contributed by atoms with Gasteiger partial charge in [0.1, 0.15) is 0 Å². The maximum absolute atomic E-state index is 13.1. The first-order valence-corrected chi connectivity index (χ1v) is 13.5. The maximum Gasteiger partial charge on any atom is 0.416 e. The van der Waals surface area contributed by atoms with Crippen LogP contribution in [0, 0.1) is 0 Å². The molecule has 200 valence electrons. The van der Waals surface area contributed by atoms with Gasteiger partial charge in [0.2, 0.25) is 0 Å². The standard InChI is InChI=1S/C24H16F6N2O4S2/c25-23(26,27)17-7-3-9-19(13-17)37(33,34)31-21-11-15-5-1-2-6-16(15)12-22(21)32-38(35,36)20-10-4-8-18(14-20)24(28,29)30/h1-14,31-32H. The van der Waals surface area contributed by atoms with E-state index in [1.54, 1.807) is 24.3 Å². The highest BCUT2D eigenvalue weighted by Gasteiger charge is 2.33. The van der Waals surface area contributed by atoms with Crippen LogP contribution in [0.4, 0.5) is 37.7 Å². The van der Waals surface area contributed by atoms with E-state index in [0.717, 1.165) is 24.3 Å². The number of anilines is 2. The molecule has 0 heterocycles. The summed E-state index contributed by atoms with van der Waals surface area (Å²) in [6.07, 6.45) is -9.64. The van der Waals surface area contributed by atoms with Crippen molar-refractivity contribution < 1.29 is 43.2 Å². The number of benzene rings is 4. The third-order valence-corrected chi connectivity index (χ3v) is 8.04. The summed E-state index contributed by atoms with van der Waals surface area (Å²) in [5.41, 5.74) is -3.16. The lowest BCUT2D eigenvalue weighted by Gasteiger charge is -2.17. The SMILES string of the molecule is O=S(=O)(Nc1cc2ccccc2cc1NS(=O)(=O)c1cccc(C(F)(F)F)c1)c1cccc(C(F)(F)F)c1. The number of rotatable bonds is 6. The minimum Gasteiger partial charge on any atom is -0.277 e. The van der Waals surface area contributed by atoms with Crippen molar-refractivity contribution in [3.05, 3.63) is 96.1 Å². The van der Waals surface area contributed by atoms with Crippen molar-refractivity contribution in [1.29, 1.82) is 0 Å². The molecule has 0 saturated heterocycles. The smallest absolute Gasteiger partial charge is 0.277 e. The lowest BCUT2D eigenvalue weighted by atomic mass is 10.1. The minimum absolute atomic E-state index is 0.364. The summed E-state index contributed by atoms with van der Waals surface area (Å²) in [6.45, 7) is 0. The second-order valence-corrected chi connectivity index (χ2v) is 11.4. The minimum atomic E-state index is -4.82. The van der Waals surface area contributed by atoms with Gasteiger partial charge in [0.15, 0.2) is 0 Å². The van der Waals surface area contributed by atoms with Crippen molar-refractivity contribution in [1.82, 2.24) is 0 Å². The van der Waals surface area contributed by atoms with Crippen LogP contribution >= 0.6 is 0 Å². The van der Waals surface area contributed by atoms with E-state index in [4.69, 9.17) is 0 Å². The van der Waals surface area contributed by atoms with E-state index in [2.05, 4.69) is 9.44 Å². The molecule has 0 aromatic heterocycles. The van der Waals surface area contributed by atoms with Crippen LogP contribution in [0.15, 0.2) is 94.7 Å². The number of sulfonamides is 2. The van der Waals surface area contributed by atoms with Crippen LogP contribution in [0.25, 0.3) is 10.8 Å². The molecule has 0 bridgehead atoms. The molecule has 0 atom stereocenters. The Labute approximate surface area is 213 Å². The summed E-state index contributed by atoms with van der Waals surface area (Å²) in [5.74, 6) is 0. The van der Waals surface area contributed by atoms with E-state index in [9.17, 15) is 43.2 Å². The fraction of sp³-hybridized carbons (Fsp3) is 0.0833. The third-order valence-electron chi connectivity index (χ3n) is 5.32. The number of fused-ring (bicyclic) bond motifs is 1. The maximum atomic E-state index is 13.1. The van der Waals surface area contributed by atoms with Crippen molar-refractivity contribution >= 4 is 42.2 Å². The molecule has 6 nitrogen and oxygen atoms in total. The van der Waals surface area contributed by atoms with Gasteiger partial charge in [-0.25, -0.2) is 16.8 Å². The van der Waals surface area contributed by atoms with Crippen molar-refractivity contribution in [3.63, 3.8) is 0 Å². The molecule has 0 aliphatic carbocycles. The first-order valence-electron chi connectivity index (χ1n) is 10.5. The molecule has 0 aliphatic rings. The lowest BCUT2D eigenvalue weighted by Crippen LogP contribution is -2.18. The predicted molar refractivity (Wildman–Crippen MR) is 128 cm³/mol. The number of halogens is 6. The van der Waals surface area contributed by atoms with Crippen LogP contribution < -0.4 is 9.44 Å². The van der Waals surface area contributed by atoms with Crippen LogP contribution in [0.5, 0.6) is 0 Å². The highest BCUT2D eigenvalue weighted by atomic mass is 32.2. The van der Waals surface area contributed by atoms with Crippen molar-refractivity contribution in [3.8, 4) is 0 Å². The topological polar surface area (TPSA) is 92.3 Å². The number of alkyl halides is 6. The lowest BCUT2D eigenvalue weighted by molar-refractivity contribution is -0.138. The van der Waals surface area contributed by atoms with Gasteiger partial charge >= 0.3 is 12.4 Å². The molecule has 14 heteroatoms. The van der Waals surface area contributed by atoms with E-state index < -0.39 is 53.3 Å². The van der Waals surface area contributed by atoms with E-state index in [1.165, 1.54) is 12.1 Å². The van der Waals surface area contributed by atoms with Crippen LogP contribution in [0.2, 0.25) is 0 Å². The van der Waals surface area contributed by atoms with Crippen LogP contribution in [-0.4, -0.2) is 16.8 Å². The Hall–Kier alpha value is -3.78. The largest absolute Gasteiger partial charge is 0.416 e. The molecule has 2 N–H and O–H groups in total. The van der Waals surface area contributed by atoms with E-state index in [1.807, 2.05) is 0 Å². The van der Waals surface area contributed by atoms with E-state index in [-0.39, 0.29) is 11.4 Å². The summed E-state index contributed by atoms with van der Waals surface area (Å²) in [5, 5.41) is 0.882. The molecular weight excluding hydrogens is 558 g/mol. The van der Waals surface area contributed by atoms with Gasteiger partial charge in [0.25, 0.3) is 20.0 Å². The van der Waals surface area contributed by atoms with Gasteiger partial charge in [-0.05, 0) is 59.3 Å². The normalized spacial score (nSPS) is 12.9. The molecule has 4 rings (SSSR count). The van der Waals surface area contributed by atoms with Crippen molar-refractivity contribution in [2.24, 2.45) is 0 Å². The van der Waals surface area contributed by atoms with Gasteiger partial charge in [-0.3, -0.25) is 9.44 Å². The van der Waals surface area contributed by atoms with Crippen LogP contribution in [-0.2, 0) is 32.4 Å². The van der Waals surface area contributed by atoms with Gasteiger partial charge in [-0.2, -0.15) is 26.3 Å². The van der Waals surface area contributed by atoms with Crippen LogP contribution in [0.1, 0.15) is 11.1 Å². The van der Waals surface area contributed by atoms with Gasteiger partial charge in [-0.15, -0.1) is 0 Å².